The Morgan fingerprint density at radius 2 is 1.05 bits per heavy atom. The van der Waals surface area contributed by atoms with Gasteiger partial charge in [-0.1, -0.05) is 14.9 Å². The monoisotopic (exact) mass is 1070 g/mol. The summed E-state index contributed by atoms with van der Waals surface area (Å²) < 4.78 is 8.24. The minimum absolute atomic E-state index is 0. The van der Waals surface area contributed by atoms with Crippen LogP contribution in [-0.2, 0) is 30.9 Å². The Morgan fingerprint density at radius 3 is 1.44 bits per heavy atom. The number of anilines is 2. The number of nitriles is 2. The molecule has 8 rings (SSSR count). The summed E-state index contributed by atoms with van der Waals surface area (Å²) in [4.78, 5) is 79.5. The van der Waals surface area contributed by atoms with Crippen LogP contribution in [-0.4, -0.2) is 74.8 Å². The van der Waals surface area contributed by atoms with Crippen LogP contribution in [0.3, 0.4) is 0 Å². The molecule has 6 aromatic heterocycles. The van der Waals surface area contributed by atoms with E-state index in [4.69, 9.17) is 21.9 Å². The molecule has 0 unspecified atom stereocenters. The lowest BCUT2D eigenvalue weighted by molar-refractivity contribution is 0.0634. The first-order valence-electron chi connectivity index (χ1n) is 24.0. The van der Waals surface area contributed by atoms with Gasteiger partial charge in [0.1, 0.15) is 29.4 Å². The molecule has 8 aromatic rings. The fraction of sp³-hybridized carbons (Fsp3) is 0.281. The number of primary amides is 2. The van der Waals surface area contributed by atoms with Crippen LogP contribution < -0.4 is 33.2 Å². The van der Waals surface area contributed by atoms with Crippen LogP contribution in [0.15, 0.2) is 73.3 Å². The second-order valence-corrected chi connectivity index (χ2v) is 19.4. The van der Waals surface area contributed by atoms with Crippen LogP contribution in [0.25, 0.3) is 21.8 Å². The SMILES string of the molecule is C.C.Cc1cnc2c(C(N)=O)cc(Cn3cc(C(=O)NCc4c(C)cc(N)nc4C)c(C#N)n3)cc2c1.Cc1cnc2c(C(N)=O)cc(Cn3cc(C(=O)NCc4c(C)cc(NC(=O)OC(C)(C)C)nc4C)c(C#N)n3)cc2c1. The maximum absolute atomic E-state index is 13.1. The lowest BCUT2D eigenvalue weighted by Crippen LogP contribution is -2.28. The van der Waals surface area contributed by atoms with Crippen molar-refractivity contribution < 1.29 is 28.7 Å². The number of benzene rings is 2. The van der Waals surface area contributed by atoms with Crippen molar-refractivity contribution in [1.82, 2.24) is 50.1 Å². The molecule has 0 aliphatic heterocycles. The molecule has 0 radical (unpaired) electrons. The Kier molecular flexibility index (Phi) is 18.7. The highest BCUT2D eigenvalue weighted by Crippen LogP contribution is 2.24. The minimum Gasteiger partial charge on any atom is -0.444 e. The third-order valence-electron chi connectivity index (χ3n) is 12.0. The van der Waals surface area contributed by atoms with E-state index in [9.17, 15) is 34.5 Å². The van der Waals surface area contributed by atoms with E-state index in [1.165, 1.54) is 21.8 Å². The Hall–Kier alpha value is -10.1. The van der Waals surface area contributed by atoms with E-state index in [-0.39, 0.29) is 69.1 Å². The standard InChI is InChI=1S/C30H32N8O4.C25H24N8O2.2CH4/c1-16-7-20-9-19(10-21(27(32)39)26(20)33-12-16)14-38-15-23(24(11-31)37-38)28(40)34-13-22-17(2)8-25(35-18(22)3)36-29(41)42-30(4,5)6;1-13-4-17-6-16(7-18(24(28)34)23(17)29-9-13)11-33-12-20(21(8-26)32-33)25(35)30-10-19-14(2)5-22(27)31-15(19)3;;/h7-10,12,15H,13-14H2,1-6H3,(H2,32,39)(H,34,40)(H,35,36,41);4-7,9,12H,10-11H2,1-3H3,(H2,27,31)(H2,28,34)(H,30,35);2*1H4. The highest BCUT2D eigenvalue weighted by Gasteiger charge is 2.22. The zero-order valence-corrected chi connectivity index (χ0v) is 43.9. The van der Waals surface area contributed by atoms with E-state index < -0.39 is 35.3 Å². The van der Waals surface area contributed by atoms with E-state index in [1.54, 1.807) is 64.4 Å². The molecular formula is C57H64N16O6. The first-order chi connectivity index (χ1) is 36.4. The van der Waals surface area contributed by atoms with Gasteiger partial charge in [0.15, 0.2) is 11.4 Å². The molecule has 0 fully saturated rings. The summed E-state index contributed by atoms with van der Waals surface area (Å²) in [6.07, 6.45) is 5.73. The van der Waals surface area contributed by atoms with E-state index in [0.717, 1.165) is 55.4 Å². The van der Waals surface area contributed by atoms with Crippen molar-refractivity contribution in [3.05, 3.63) is 163 Å². The molecule has 0 bridgehead atoms. The van der Waals surface area contributed by atoms with Crippen molar-refractivity contribution in [2.24, 2.45) is 11.5 Å². The Balaban J connectivity index is 0.000000288. The van der Waals surface area contributed by atoms with Gasteiger partial charge < -0.3 is 32.6 Å². The molecule has 6 heterocycles. The molecule has 5 amide bonds. The molecular weight excluding hydrogens is 1000 g/mol. The van der Waals surface area contributed by atoms with Gasteiger partial charge in [0.25, 0.3) is 23.6 Å². The lowest BCUT2D eigenvalue weighted by Gasteiger charge is -2.20. The molecule has 0 spiro atoms. The molecule has 2 aromatic carbocycles. The van der Waals surface area contributed by atoms with Crippen molar-refractivity contribution in [1.29, 1.82) is 10.5 Å². The number of hydrogen-bond acceptors (Lipinski definition) is 15. The van der Waals surface area contributed by atoms with Gasteiger partial charge in [-0.05, 0) is 155 Å². The van der Waals surface area contributed by atoms with Crippen LogP contribution in [0.2, 0.25) is 0 Å². The van der Waals surface area contributed by atoms with E-state index in [0.29, 0.717) is 39.5 Å². The predicted molar refractivity (Wildman–Crippen MR) is 300 cm³/mol. The van der Waals surface area contributed by atoms with Crippen molar-refractivity contribution in [2.45, 2.75) is 109 Å². The minimum atomic E-state index is -0.646. The van der Waals surface area contributed by atoms with Crippen LogP contribution in [0.5, 0.6) is 0 Å². The fourth-order valence-corrected chi connectivity index (χ4v) is 8.56. The van der Waals surface area contributed by atoms with Crippen molar-refractivity contribution in [2.75, 3.05) is 11.1 Å². The molecule has 408 valence electrons. The number of nitrogens with two attached hydrogens (primary N) is 3. The zero-order chi connectivity index (χ0) is 56.0. The Labute approximate surface area is 457 Å². The topological polar surface area (TPSA) is 344 Å². The van der Waals surface area contributed by atoms with Gasteiger partial charge in [-0.25, -0.2) is 14.8 Å². The third-order valence-corrected chi connectivity index (χ3v) is 12.0. The number of fused-ring (bicyclic) bond motifs is 2. The molecule has 22 heteroatoms. The summed E-state index contributed by atoms with van der Waals surface area (Å²) in [5, 5.41) is 37.5. The summed E-state index contributed by atoms with van der Waals surface area (Å²) >= 11 is 0. The maximum atomic E-state index is 13.1. The predicted octanol–water partition coefficient (Wildman–Crippen LogP) is 7.60. The van der Waals surface area contributed by atoms with Crippen LogP contribution in [0.1, 0.15) is 144 Å². The number of rotatable bonds is 13. The third kappa shape index (κ3) is 14.4. The van der Waals surface area contributed by atoms with Crippen molar-refractivity contribution in [3.63, 3.8) is 0 Å². The number of carbonyl (C=O) groups is 5. The summed E-state index contributed by atoms with van der Waals surface area (Å²) in [5.41, 5.74) is 26.1. The summed E-state index contributed by atoms with van der Waals surface area (Å²) in [6.45, 7) is 17.2. The van der Waals surface area contributed by atoms with E-state index in [2.05, 4.69) is 46.1 Å². The molecule has 9 N–H and O–H groups in total. The largest absolute Gasteiger partial charge is 0.444 e. The smallest absolute Gasteiger partial charge is 0.413 e. The van der Waals surface area contributed by atoms with Gasteiger partial charge in [-0.3, -0.25) is 43.8 Å². The number of amides is 5. The number of pyridine rings is 4. The molecule has 0 saturated carbocycles. The second kappa shape index (κ2) is 24.7. The van der Waals surface area contributed by atoms with Crippen LogP contribution in [0.4, 0.5) is 16.4 Å². The Morgan fingerprint density at radius 1 is 0.620 bits per heavy atom. The quantitative estimate of drug-likeness (QED) is 0.0647. The summed E-state index contributed by atoms with van der Waals surface area (Å²) in [5.74, 6) is -1.36. The fourth-order valence-electron chi connectivity index (χ4n) is 8.56. The van der Waals surface area contributed by atoms with Crippen molar-refractivity contribution >= 4 is 63.2 Å². The van der Waals surface area contributed by atoms with Crippen LogP contribution >= 0.6 is 0 Å². The van der Waals surface area contributed by atoms with Gasteiger partial charge in [-0.2, -0.15) is 20.7 Å². The molecule has 0 saturated heterocycles. The zero-order valence-electron chi connectivity index (χ0n) is 43.9. The van der Waals surface area contributed by atoms with Crippen LogP contribution in [0, 0.1) is 64.2 Å². The number of carbonyl (C=O) groups excluding carboxylic acids is 5. The lowest BCUT2D eigenvalue weighted by atomic mass is 10.0. The molecule has 0 aliphatic carbocycles. The highest BCUT2D eigenvalue weighted by atomic mass is 16.6. The molecule has 0 atom stereocenters. The number of nitrogens with zero attached hydrogens (tertiary/aromatic N) is 10. The van der Waals surface area contributed by atoms with Gasteiger partial charge in [0.05, 0.1) is 46.4 Å². The van der Waals surface area contributed by atoms with E-state index >= 15 is 0 Å². The summed E-state index contributed by atoms with van der Waals surface area (Å²) in [6, 6.07) is 18.2. The molecule has 22 nitrogen and oxygen atoms in total. The Bertz CT molecular complexity index is 3740. The first kappa shape index (κ1) is 59.8. The number of aryl methyl sites for hydroxylation is 6. The van der Waals surface area contributed by atoms with E-state index in [1.807, 2.05) is 71.0 Å². The average molecular weight is 1070 g/mol. The highest BCUT2D eigenvalue weighted by molar-refractivity contribution is 6.06. The van der Waals surface area contributed by atoms with Gasteiger partial charge in [0, 0.05) is 60.0 Å². The number of nitrogens with one attached hydrogen (secondary N) is 3. The maximum Gasteiger partial charge on any atom is 0.413 e. The first-order valence-corrected chi connectivity index (χ1v) is 24.0. The van der Waals surface area contributed by atoms with Gasteiger partial charge in [0.2, 0.25) is 0 Å². The molecule has 0 aliphatic rings. The van der Waals surface area contributed by atoms with Crippen molar-refractivity contribution in [3.8, 4) is 12.1 Å². The number of aromatic nitrogens is 8. The number of ether oxygens (including phenoxy) is 1. The number of nitrogen functional groups attached to an aromatic ring is 1. The molecule has 79 heavy (non-hydrogen) atoms. The second-order valence-electron chi connectivity index (χ2n) is 19.4. The average Bonchev–Trinajstić information content (AvgIpc) is 3.97. The van der Waals surface area contributed by atoms with Gasteiger partial charge >= 0.3 is 6.09 Å². The number of hydrogen-bond donors (Lipinski definition) is 6. The van der Waals surface area contributed by atoms with Gasteiger partial charge in [-0.15, -0.1) is 0 Å². The summed E-state index contributed by atoms with van der Waals surface area (Å²) in [7, 11) is 0. The normalized spacial score (nSPS) is 10.7.